The molecule has 96 valence electrons. The second-order valence-corrected chi connectivity index (χ2v) is 6.46. The van der Waals surface area contributed by atoms with Crippen LogP contribution >= 0.6 is 31.9 Å². The fraction of sp³-hybridized carbons (Fsp3) is 0.125. The molecule has 1 aromatic heterocycles. The van der Waals surface area contributed by atoms with Gasteiger partial charge in [0.15, 0.2) is 0 Å². The van der Waals surface area contributed by atoms with Crippen molar-refractivity contribution in [2.24, 2.45) is 7.05 Å². The molecule has 0 aliphatic carbocycles. The maximum atomic E-state index is 3.75. The monoisotopic (exact) mass is 377 g/mol. The standard InChI is InChI=1S/C16H13Br2N/c1-10-3-5-11(6-4-10)16-15(18)13-8-7-12(17)9-14(13)19(16)2/h3-9H,1-2H3. The Morgan fingerprint density at radius 3 is 2.32 bits per heavy atom. The van der Waals surface area contributed by atoms with E-state index < -0.39 is 0 Å². The lowest BCUT2D eigenvalue weighted by molar-refractivity contribution is 0.975. The van der Waals surface area contributed by atoms with Crippen molar-refractivity contribution in [3.63, 3.8) is 0 Å². The number of aryl methyl sites for hydroxylation is 2. The zero-order valence-corrected chi connectivity index (χ0v) is 13.9. The van der Waals surface area contributed by atoms with Crippen LogP contribution < -0.4 is 0 Å². The first-order valence-electron chi connectivity index (χ1n) is 6.08. The summed E-state index contributed by atoms with van der Waals surface area (Å²) >= 11 is 7.28. The van der Waals surface area contributed by atoms with Gasteiger partial charge in [-0.25, -0.2) is 0 Å². The van der Waals surface area contributed by atoms with E-state index in [0.29, 0.717) is 0 Å². The minimum atomic E-state index is 1.10. The quantitative estimate of drug-likeness (QED) is 0.513. The van der Waals surface area contributed by atoms with Crippen LogP contribution in [0.2, 0.25) is 0 Å². The zero-order chi connectivity index (χ0) is 13.6. The van der Waals surface area contributed by atoms with Gasteiger partial charge in [0.1, 0.15) is 0 Å². The highest BCUT2D eigenvalue weighted by molar-refractivity contribution is 9.11. The topological polar surface area (TPSA) is 4.93 Å². The molecule has 0 atom stereocenters. The van der Waals surface area contributed by atoms with Crippen molar-refractivity contribution in [2.75, 3.05) is 0 Å². The minimum Gasteiger partial charge on any atom is -0.343 e. The summed E-state index contributed by atoms with van der Waals surface area (Å²) < 4.78 is 4.49. The molecule has 0 unspecified atom stereocenters. The van der Waals surface area contributed by atoms with Crippen LogP contribution in [0.1, 0.15) is 5.56 Å². The molecular formula is C16H13Br2N. The number of hydrogen-bond donors (Lipinski definition) is 0. The summed E-state index contributed by atoms with van der Waals surface area (Å²) in [5.41, 5.74) is 4.94. The van der Waals surface area contributed by atoms with Crippen LogP contribution in [-0.2, 0) is 7.05 Å². The predicted octanol–water partition coefficient (Wildman–Crippen LogP) is 5.68. The highest BCUT2D eigenvalue weighted by Crippen LogP contribution is 2.38. The van der Waals surface area contributed by atoms with Gasteiger partial charge in [-0.15, -0.1) is 0 Å². The number of halogens is 2. The van der Waals surface area contributed by atoms with E-state index in [4.69, 9.17) is 0 Å². The number of nitrogens with zero attached hydrogens (tertiary/aromatic N) is 1. The molecule has 0 saturated carbocycles. The third-order valence-corrected chi connectivity index (χ3v) is 4.72. The smallest absolute Gasteiger partial charge is 0.0633 e. The van der Waals surface area contributed by atoms with E-state index in [-0.39, 0.29) is 0 Å². The number of hydrogen-bond acceptors (Lipinski definition) is 0. The molecular weight excluding hydrogens is 366 g/mol. The maximum absolute atomic E-state index is 3.75. The molecule has 0 saturated heterocycles. The second-order valence-electron chi connectivity index (χ2n) is 4.75. The van der Waals surface area contributed by atoms with Crippen LogP contribution in [-0.4, -0.2) is 4.57 Å². The molecule has 0 N–H and O–H groups in total. The fourth-order valence-corrected chi connectivity index (χ4v) is 3.57. The fourth-order valence-electron chi connectivity index (χ4n) is 2.39. The molecule has 0 fully saturated rings. The molecule has 0 amide bonds. The Labute approximate surface area is 129 Å². The summed E-state index contributed by atoms with van der Waals surface area (Å²) in [5.74, 6) is 0. The van der Waals surface area contributed by atoms with E-state index in [1.54, 1.807) is 0 Å². The van der Waals surface area contributed by atoms with Gasteiger partial charge in [0.2, 0.25) is 0 Å². The average Bonchev–Trinajstić information content (AvgIpc) is 2.63. The first-order chi connectivity index (χ1) is 9.08. The molecule has 1 nitrogen and oxygen atoms in total. The van der Waals surface area contributed by atoms with Crippen molar-refractivity contribution in [1.29, 1.82) is 0 Å². The lowest BCUT2D eigenvalue weighted by Crippen LogP contribution is -1.91. The molecule has 0 aliphatic rings. The summed E-state index contributed by atoms with van der Waals surface area (Å²) in [4.78, 5) is 0. The van der Waals surface area contributed by atoms with Crippen molar-refractivity contribution in [1.82, 2.24) is 4.57 Å². The van der Waals surface area contributed by atoms with Gasteiger partial charge in [0.25, 0.3) is 0 Å². The second kappa shape index (κ2) is 4.80. The van der Waals surface area contributed by atoms with Crippen LogP contribution in [0, 0.1) is 6.92 Å². The van der Waals surface area contributed by atoms with Crippen LogP contribution in [0.5, 0.6) is 0 Å². The lowest BCUT2D eigenvalue weighted by atomic mass is 10.1. The summed E-state index contributed by atoms with van der Waals surface area (Å²) in [6, 6.07) is 15.0. The van der Waals surface area contributed by atoms with Gasteiger partial charge >= 0.3 is 0 Å². The molecule has 0 bridgehead atoms. The first-order valence-corrected chi connectivity index (χ1v) is 7.67. The summed E-state index contributed by atoms with van der Waals surface area (Å²) in [6.07, 6.45) is 0. The lowest BCUT2D eigenvalue weighted by Gasteiger charge is -2.06. The van der Waals surface area contributed by atoms with E-state index in [1.807, 2.05) is 0 Å². The molecule has 0 aliphatic heterocycles. The van der Waals surface area contributed by atoms with Crippen LogP contribution in [0.3, 0.4) is 0 Å². The summed E-state index contributed by atoms with van der Waals surface area (Å²) in [5, 5.41) is 1.24. The third kappa shape index (κ3) is 2.15. The zero-order valence-electron chi connectivity index (χ0n) is 10.7. The van der Waals surface area contributed by atoms with E-state index in [9.17, 15) is 0 Å². The molecule has 0 spiro atoms. The molecule has 19 heavy (non-hydrogen) atoms. The summed E-state index contributed by atoms with van der Waals surface area (Å²) in [7, 11) is 2.11. The van der Waals surface area contributed by atoms with Crippen molar-refractivity contribution < 1.29 is 0 Å². The molecule has 1 heterocycles. The molecule has 3 heteroatoms. The van der Waals surface area contributed by atoms with Gasteiger partial charge in [-0.05, 0) is 40.5 Å². The van der Waals surface area contributed by atoms with E-state index in [2.05, 4.69) is 92.9 Å². The normalized spacial score (nSPS) is 11.2. The number of fused-ring (bicyclic) bond motifs is 1. The van der Waals surface area contributed by atoms with Crippen molar-refractivity contribution in [2.45, 2.75) is 6.92 Å². The van der Waals surface area contributed by atoms with Crippen LogP contribution in [0.15, 0.2) is 51.4 Å². The Hall–Kier alpha value is -1.06. The largest absolute Gasteiger partial charge is 0.343 e. The number of rotatable bonds is 1. The molecule has 3 rings (SSSR count). The van der Waals surface area contributed by atoms with E-state index >= 15 is 0 Å². The Kier molecular flexibility index (Phi) is 3.27. The average molecular weight is 379 g/mol. The van der Waals surface area contributed by atoms with Gasteiger partial charge in [-0.2, -0.15) is 0 Å². The van der Waals surface area contributed by atoms with Gasteiger partial charge in [0.05, 0.1) is 15.7 Å². The number of benzene rings is 2. The van der Waals surface area contributed by atoms with Crippen LogP contribution in [0.25, 0.3) is 22.2 Å². The van der Waals surface area contributed by atoms with Crippen molar-refractivity contribution >= 4 is 42.8 Å². The Morgan fingerprint density at radius 2 is 1.63 bits per heavy atom. The molecule has 2 aromatic carbocycles. The Morgan fingerprint density at radius 1 is 0.947 bits per heavy atom. The van der Waals surface area contributed by atoms with E-state index in [1.165, 1.54) is 27.7 Å². The van der Waals surface area contributed by atoms with Crippen molar-refractivity contribution in [3.05, 3.63) is 57.0 Å². The minimum absolute atomic E-state index is 1.10. The van der Waals surface area contributed by atoms with Gasteiger partial charge in [-0.3, -0.25) is 0 Å². The van der Waals surface area contributed by atoms with Crippen molar-refractivity contribution in [3.8, 4) is 11.3 Å². The Bertz CT molecular complexity index is 755. The van der Waals surface area contributed by atoms with Gasteiger partial charge in [0, 0.05) is 16.9 Å². The first kappa shape index (κ1) is 12.9. The van der Waals surface area contributed by atoms with Gasteiger partial charge < -0.3 is 4.57 Å². The maximum Gasteiger partial charge on any atom is 0.0633 e. The molecule has 0 radical (unpaired) electrons. The number of aromatic nitrogens is 1. The van der Waals surface area contributed by atoms with Gasteiger partial charge in [-0.1, -0.05) is 51.8 Å². The highest BCUT2D eigenvalue weighted by Gasteiger charge is 2.14. The molecule has 3 aromatic rings. The summed E-state index contributed by atoms with van der Waals surface area (Å²) in [6.45, 7) is 2.11. The predicted molar refractivity (Wildman–Crippen MR) is 88.5 cm³/mol. The Balaban J connectivity index is 2.32. The SMILES string of the molecule is Cc1ccc(-c2c(Br)c3ccc(Br)cc3n2C)cc1. The van der Waals surface area contributed by atoms with E-state index in [0.717, 1.165) is 8.95 Å². The third-order valence-electron chi connectivity index (χ3n) is 3.43. The van der Waals surface area contributed by atoms with Crippen LogP contribution in [0.4, 0.5) is 0 Å². The highest BCUT2D eigenvalue weighted by atomic mass is 79.9.